The number of esters is 1. The Hall–Kier alpha value is -3.37. The van der Waals surface area contributed by atoms with Gasteiger partial charge in [0.2, 0.25) is 15.9 Å². The van der Waals surface area contributed by atoms with Gasteiger partial charge in [-0.2, -0.15) is 4.31 Å². The molecule has 0 saturated heterocycles. The van der Waals surface area contributed by atoms with Crippen molar-refractivity contribution >= 4 is 33.7 Å². The lowest BCUT2D eigenvalue weighted by Gasteiger charge is -2.18. The van der Waals surface area contributed by atoms with Crippen molar-refractivity contribution in [3.8, 4) is 0 Å². The number of hydrogen-bond acceptors (Lipinski definition) is 7. The van der Waals surface area contributed by atoms with Crippen LogP contribution in [0.2, 0.25) is 0 Å². The van der Waals surface area contributed by atoms with Crippen LogP contribution >= 0.6 is 0 Å². The molecule has 0 aliphatic carbocycles. The van der Waals surface area contributed by atoms with Crippen molar-refractivity contribution in [1.29, 1.82) is 0 Å². The molecule has 0 radical (unpaired) electrons. The van der Waals surface area contributed by atoms with Crippen LogP contribution in [-0.4, -0.2) is 42.6 Å². The second kappa shape index (κ2) is 8.56. The zero-order valence-electron chi connectivity index (χ0n) is 16.3. The summed E-state index contributed by atoms with van der Waals surface area (Å²) in [6.45, 7) is 4.24. The highest BCUT2D eigenvalue weighted by Crippen LogP contribution is 2.23. The zero-order valence-corrected chi connectivity index (χ0v) is 17.1. The van der Waals surface area contributed by atoms with Gasteiger partial charge in [0, 0.05) is 30.8 Å². The van der Waals surface area contributed by atoms with E-state index in [0.717, 1.165) is 0 Å². The predicted molar refractivity (Wildman–Crippen MR) is 110 cm³/mol. The molecule has 2 aromatic rings. The van der Waals surface area contributed by atoms with E-state index in [1.807, 2.05) is 0 Å². The first-order valence-electron chi connectivity index (χ1n) is 9.14. The monoisotopic (exact) mass is 429 g/mol. The minimum atomic E-state index is -3.60. The molecule has 2 aromatic carbocycles. The average molecular weight is 429 g/mol. The summed E-state index contributed by atoms with van der Waals surface area (Å²) in [5.74, 6) is -0.667. The van der Waals surface area contributed by atoms with Crippen molar-refractivity contribution in [1.82, 2.24) is 4.31 Å². The maximum absolute atomic E-state index is 12.6. The van der Waals surface area contributed by atoms with Gasteiger partial charge in [-0.15, -0.1) is 0 Å². The Morgan fingerprint density at radius 3 is 2.40 bits per heavy atom. The number of benzene rings is 2. The molecule has 0 fully saturated rings. The van der Waals surface area contributed by atoms with Gasteiger partial charge in [0.05, 0.1) is 9.82 Å². The largest absolute Gasteiger partial charge is 0.402 e. The number of nitro benzene ring substituents is 1. The lowest BCUT2D eigenvalue weighted by Crippen LogP contribution is -2.30. The molecule has 0 spiro atoms. The van der Waals surface area contributed by atoms with E-state index in [-0.39, 0.29) is 22.2 Å². The predicted octanol–water partition coefficient (Wildman–Crippen LogP) is 2.97. The number of carbonyl (C=O) groups excluding carboxylic acids is 1. The van der Waals surface area contributed by atoms with Crippen LogP contribution in [0.15, 0.2) is 64.1 Å². The molecule has 0 aromatic heterocycles. The Balaban J connectivity index is 1.88. The molecule has 10 heteroatoms. The van der Waals surface area contributed by atoms with Crippen LogP contribution in [0.1, 0.15) is 25.0 Å². The van der Waals surface area contributed by atoms with Gasteiger partial charge < -0.3 is 4.74 Å². The SMILES string of the molecule is CCN(CC)S(=O)(=O)c1ccc(C2=N/C(=C\c3cccc([N+](=O)[O-])c3)C(=O)O2)cc1. The standard InChI is InChI=1S/C20H19N3O6S/c1-3-22(4-2)30(27,28)17-10-8-15(9-11-17)19-21-18(20(24)29-19)13-14-6-5-7-16(12-14)23(25)26/h5-13H,3-4H2,1-2H3/b18-13-. The van der Waals surface area contributed by atoms with E-state index >= 15 is 0 Å². The summed E-state index contributed by atoms with van der Waals surface area (Å²) in [4.78, 5) is 26.8. The number of cyclic esters (lactones) is 1. The lowest BCUT2D eigenvalue weighted by molar-refractivity contribution is -0.384. The Morgan fingerprint density at radius 1 is 1.13 bits per heavy atom. The van der Waals surface area contributed by atoms with E-state index < -0.39 is 20.9 Å². The van der Waals surface area contributed by atoms with Crippen LogP contribution in [0.5, 0.6) is 0 Å². The molecule has 0 amide bonds. The van der Waals surface area contributed by atoms with Gasteiger partial charge in [-0.05, 0) is 35.9 Å². The minimum Gasteiger partial charge on any atom is -0.402 e. The highest BCUT2D eigenvalue weighted by Gasteiger charge is 2.26. The highest BCUT2D eigenvalue weighted by molar-refractivity contribution is 7.89. The van der Waals surface area contributed by atoms with Crippen molar-refractivity contribution in [2.75, 3.05) is 13.1 Å². The number of rotatable bonds is 7. The van der Waals surface area contributed by atoms with Crippen LogP contribution in [0, 0.1) is 10.1 Å². The van der Waals surface area contributed by atoms with E-state index in [9.17, 15) is 23.3 Å². The molecule has 0 saturated carbocycles. The topological polar surface area (TPSA) is 119 Å². The van der Waals surface area contributed by atoms with Crippen LogP contribution < -0.4 is 0 Å². The molecule has 3 rings (SSSR count). The molecule has 0 atom stereocenters. The van der Waals surface area contributed by atoms with Gasteiger partial charge in [-0.25, -0.2) is 18.2 Å². The van der Waals surface area contributed by atoms with Crippen LogP contribution in [-0.2, 0) is 19.6 Å². The van der Waals surface area contributed by atoms with Gasteiger partial charge in [0.25, 0.3) is 5.69 Å². The molecule has 1 aliphatic heterocycles. The number of non-ortho nitro benzene ring substituents is 1. The van der Waals surface area contributed by atoms with Gasteiger partial charge >= 0.3 is 5.97 Å². The number of sulfonamides is 1. The van der Waals surface area contributed by atoms with Crippen molar-refractivity contribution in [3.63, 3.8) is 0 Å². The summed E-state index contributed by atoms with van der Waals surface area (Å²) in [7, 11) is -3.60. The maximum atomic E-state index is 12.6. The third kappa shape index (κ3) is 4.29. The zero-order chi connectivity index (χ0) is 21.9. The number of nitrogens with zero attached hydrogens (tertiary/aromatic N) is 3. The van der Waals surface area contributed by atoms with E-state index in [1.165, 1.54) is 52.8 Å². The minimum absolute atomic E-state index is 0.00895. The van der Waals surface area contributed by atoms with Gasteiger partial charge in [-0.3, -0.25) is 10.1 Å². The molecule has 0 bridgehead atoms. The Kier molecular flexibility index (Phi) is 6.09. The summed E-state index contributed by atoms with van der Waals surface area (Å²) >= 11 is 0. The van der Waals surface area contributed by atoms with E-state index in [1.54, 1.807) is 19.9 Å². The van der Waals surface area contributed by atoms with Gasteiger partial charge in [0.1, 0.15) is 0 Å². The maximum Gasteiger partial charge on any atom is 0.363 e. The van der Waals surface area contributed by atoms with E-state index in [2.05, 4.69) is 4.99 Å². The van der Waals surface area contributed by atoms with Crippen LogP contribution in [0.4, 0.5) is 5.69 Å². The molecule has 1 aliphatic rings. The number of nitro groups is 1. The lowest BCUT2D eigenvalue weighted by atomic mass is 10.1. The number of aliphatic imine (C=N–C) groups is 1. The fourth-order valence-electron chi connectivity index (χ4n) is 2.90. The smallest absolute Gasteiger partial charge is 0.363 e. The third-order valence-corrected chi connectivity index (χ3v) is 6.51. The molecule has 0 N–H and O–H groups in total. The van der Waals surface area contributed by atoms with Crippen molar-refractivity contribution in [3.05, 3.63) is 75.5 Å². The second-order valence-electron chi connectivity index (χ2n) is 6.30. The summed E-state index contributed by atoms with van der Waals surface area (Å²) in [6, 6.07) is 11.7. The quantitative estimate of drug-likeness (QED) is 0.289. The van der Waals surface area contributed by atoms with Crippen LogP contribution in [0.25, 0.3) is 6.08 Å². The van der Waals surface area contributed by atoms with Gasteiger partial charge in [-0.1, -0.05) is 26.0 Å². The number of carbonyl (C=O) groups is 1. The third-order valence-electron chi connectivity index (χ3n) is 4.45. The molecule has 156 valence electrons. The highest BCUT2D eigenvalue weighted by atomic mass is 32.2. The van der Waals surface area contributed by atoms with E-state index in [0.29, 0.717) is 24.2 Å². The summed E-state index contributed by atoms with van der Waals surface area (Å²) in [5, 5.41) is 10.9. The van der Waals surface area contributed by atoms with Crippen molar-refractivity contribution in [2.24, 2.45) is 4.99 Å². The molecular weight excluding hydrogens is 410 g/mol. The Labute approximate surface area is 173 Å². The first kappa shape index (κ1) is 21.3. The molecule has 9 nitrogen and oxygen atoms in total. The second-order valence-corrected chi connectivity index (χ2v) is 8.24. The van der Waals surface area contributed by atoms with Crippen molar-refractivity contribution < 1.29 is 22.9 Å². The number of ether oxygens (including phenoxy) is 1. The molecule has 0 unspecified atom stereocenters. The fourth-order valence-corrected chi connectivity index (χ4v) is 4.36. The number of hydrogen-bond donors (Lipinski definition) is 0. The van der Waals surface area contributed by atoms with E-state index in [4.69, 9.17) is 4.74 Å². The first-order valence-corrected chi connectivity index (χ1v) is 10.6. The molecule has 1 heterocycles. The van der Waals surface area contributed by atoms with Crippen molar-refractivity contribution in [2.45, 2.75) is 18.7 Å². The summed E-state index contributed by atoms with van der Waals surface area (Å²) in [5.41, 5.74) is 0.751. The molecular formula is C20H19N3O6S. The summed E-state index contributed by atoms with van der Waals surface area (Å²) < 4.78 is 31.6. The van der Waals surface area contributed by atoms with Crippen LogP contribution in [0.3, 0.4) is 0 Å². The average Bonchev–Trinajstić information content (AvgIpc) is 3.09. The normalized spacial score (nSPS) is 15.4. The molecule has 30 heavy (non-hydrogen) atoms. The van der Waals surface area contributed by atoms with Gasteiger partial charge in [0.15, 0.2) is 5.70 Å². The summed E-state index contributed by atoms with van der Waals surface area (Å²) in [6.07, 6.45) is 1.39. The Bertz CT molecular complexity index is 1150. The Morgan fingerprint density at radius 2 is 1.80 bits per heavy atom. The first-order chi connectivity index (χ1) is 14.3. The fraction of sp³-hybridized carbons (Fsp3) is 0.200.